The summed E-state index contributed by atoms with van der Waals surface area (Å²) in [5.74, 6) is 1.35. The molecule has 0 bridgehead atoms. The summed E-state index contributed by atoms with van der Waals surface area (Å²) in [6.07, 6.45) is 5.24. The van der Waals surface area contributed by atoms with E-state index in [1.165, 1.54) is 6.07 Å². The Morgan fingerprint density at radius 2 is 2.00 bits per heavy atom. The number of H-pyrrole nitrogens is 1. The Morgan fingerprint density at radius 3 is 2.91 bits per heavy atom. The molecule has 0 saturated heterocycles. The Hall–Kier alpha value is -3.88. The van der Waals surface area contributed by atoms with Gasteiger partial charge < -0.3 is 14.9 Å². The van der Waals surface area contributed by atoms with Crippen LogP contribution in [0.4, 0.5) is 10.1 Å². The summed E-state index contributed by atoms with van der Waals surface area (Å²) in [6, 6.07) is 11.7. The highest BCUT2D eigenvalue weighted by atomic mass is 19.1. The van der Waals surface area contributed by atoms with Gasteiger partial charge in [-0.05, 0) is 49.6 Å². The van der Waals surface area contributed by atoms with Gasteiger partial charge in [0.1, 0.15) is 17.5 Å². The Labute approximate surface area is 195 Å². The fourth-order valence-corrected chi connectivity index (χ4v) is 4.34. The van der Waals surface area contributed by atoms with E-state index in [0.29, 0.717) is 35.4 Å². The lowest BCUT2D eigenvalue weighted by molar-refractivity contribution is -0.116. The van der Waals surface area contributed by atoms with Gasteiger partial charge in [0.05, 0.1) is 16.6 Å². The maximum atomic E-state index is 14.4. The first-order valence-electron chi connectivity index (χ1n) is 11.6. The number of para-hydroxylation sites is 1. The molecule has 2 N–H and O–H groups in total. The molecule has 9 heteroatoms. The molecule has 2 aromatic heterocycles. The maximum absolute atomic E-state index is 14.4. The Balaban J connectivity index is 1.25. The smallest absolute Gasteiger partial charge is 0.258 e. The van der Waals surface area contributed by atoms with Gasteiger partial charge in [-0.25, -0.2) is 9.37 Å². The number of hydrogen-bond donors (Lipinski definition) is 2. The Morgan fingerprint density at radius 1 is 1.12 bits per heavy atom. The number of nitrogens with one attached hydrogen (secondary N) is 2. The van der Waals surface area contributed by atoms with Crippen LogP contribution in [-0.2, 0) is 24.2 Å². The first kappa shape index (κ1) is 21.9. The molecule has 174 valence electrons. The summed E-state index contributed by atoms with van der Waals surface area (Å²) in [5, 5.41) is 11.8. The second kappa shape index (κ2) is 9.54. The lowest BCUT2D eigenvalue weighted by Crippen LogP contribution is -2.15. The predicted octanol–water partition coefficient (Wildman–Crippen LogP) is 4.01. The minimum Gasteiger partial charge on any atom is -0.324 e. The van der Waals surface area contributed by atoms with Gasteiger partial charge in [0.2, 0.25) is 5.91 Å². The van der Waals surface area contributed by atoms with Gasteiger partial charge >= 0.3 is 0 Å². The van der Waals surface area contributed by atoms with Gasteiger partial charge in [-0.1, -0.05) is 18.6 Å². The van der Waals surface area contributed by atoms with Gasteiger partial charge in [0.15, 0.2) is 5.82 Å². The van der Waals surface area contributed by atoms with Crippen molar-refractivity contribution in [2.45, 2.75) is 51.5 Å². The van der Waals surface area contributed by atoms with Crippen LogP contribution in [0.15, 0.2) is 47.3 Å². The number of amides is 1. The van der Waals surface area contributed by atoms with E-state index in [1.807, 2.05) is 6.07 Å². The zero-order valence-corrected chi connectivity index (χ0v) is 18.7. The largest absolute Gasteiger partial charge is 0.324 e. The summed E-state index contributed by atoms with van der Waals surface area (Å²) in [5.41, 5.74) is 1.26. The van der Waals surface area contributed by atoms with Crippen LogP contribution in [0.25, 0.3) is 22.3 Å². The summed E-state index contributed by atoms with van der Waals surface area (Å²) in [6.45, 7) is 0.835. The average Bonchev–Trinajstić information content (AvgIpc) is 3.08. The molecule has 8 nitrogen and oxygen atoms in total. The quantitative estimate of drug-likeness (QED) is 0.452. The fourth-order valence-electron chi connectivity index (χ4n) is 4.34. The number of carbonyl (C=O) groups excluding carboxylic acids is 1. The lowest BCUT2D eigenvalue weighted by atomic mass is 10.1. The molecule has 2 aromatic carbocycles. The number of aryl methyl sites for hydroxylation is 2. The lowest BCUT2D eigenvalue weighted by Gasteiger charge is -2.10. The molecule has 0 fully saturated rings. The van der Waals surface area contributed by atoms with Crippen molar-refractivity contribution in [2.75, 3.05) is 5.32 Å². The van der Waals surface area contributed by atoms with Gasteiger partial charge in [-0.2, -0.15) is 0 Å². The van der Waals surface area contributed by atoms with Crippen LogP contribution in [0, 0.1) is 5.82 Å². The number of rotatable bonds is 6. The minimum absolute atomic E-state index is 0.116. The van der Waals surface area contributed by atoms with Crippen LogP contribution < -0.4 is 10.9 Å². The van der Waals surface area contributed by atoms with Crippen molar-refractivity contribution in [3.05, 3.63) is 70.3 Å². The van der Waals surface area contributed by atoms with Gasteiger partial charge in [0, 0.05) is 31.4 Å². The van der Waals surface area contributed by atoms with Crippen LogP contribution in [0.3, 0.4) is 0 Å². The second-order valence-corrected chi connectivity index (χ2v) is 8.53. The van der Waals surface area contributed by atoms with E-state index >= 15 is 0 Å². The van der Waals surface area contributed by atoms with Crippen molar-refractivity contribution in [3.8, 4) is 11.4 Å². The normalized spacial score (nSPS) is 13.4. The van der Waals surface area contributed by atoms with Crippen LogP contribution >= 0.6 is 0 Å². The third kappa shape index (κ3) is 4.59. The van der Waals surface area contributed by atoms with Crippen molar-refractivity contribution in [2.24, 2.45) is 0 Å². The van der Waals surface area contributed by atoms with Gasteiger partial charge in [-0.15, -0.1) is 10.2 Å². The predicted molar refractivity (Wildman–Crippen MR) is 127 cm³/mol. The SMILES string of the molecule is O=C(CCCc1nc2ccccc2c(=O)[nH]1)Nc1cc(-c2nnc3n2CCCCC3)ccc1F. The fraction of sp³-hybridized carbons (Fsp3) is 0.320. The van der Waals surface area contributed by atoms with Crippen molar-refractivity contribution in [1.82, 2.24) is 24.7 Å². The number of carbonyl (C=O) groups is 1. The standard InChI is InChI=1S/C25H25FN6O2/c26-18-13-12-16(24-31-30-22-10-2-1-5-14-32(22)24)15-20(18)28-23(33)11-6-9-21-27-19-8-4-3-7-17(19)25(34)29-21/h3-4,7-8,12-13,15H,1-2,5-6,9-11,14H2,(H,28,33)(H,27,29,34). The molecular formula is C25H25FN6O2. The first-order chi connectivity index (χ1) is 16.6. The number of benzene rings is 2. The van der Waals surface area contributed by atoms with Crippen molar-refractivity contribution in [1.29, 1.82) is 0 Å². The van der Waals surface area contributed by atoms with E-state index in [1.54, 1.807) is 30.3 Å². The molecule has 0 unspecified atom stereocenters. The third-order valence-corrected chi connectivity index (χ3v) is 6.09. The van der Waals surface area contributed by atoms with Gasteiger partial charge in [0.25, 0.3) is 5.56 Å². The van der Waals surface area contributed by atoms with E-state index in [0.717, 1.165) is 43.6 Å². The van der Waals surface area contributed by atoms with Crippen LogP contribution in [0.5, 0.6) is 0 Å². The highest BCUT2D eigenvalue weighted by molar-refractivity contribution is 5.91. The molecule has 1 aliphatic rings. The maximum Gasteiger partial charge on any atom is 0.258 e. The molecule has 1 aliphatic heterocycles. The van der Waals surface area contributed by atoms with E-state index in [4.69, 9.17) is 0 Å². The average molecular weight is 461 g/mol. The summed E-state index contributed by atoms with van der Waals surface area (Å²) in [4.78, 5) is 31.9. The summed E-state index contributed by atoms with van der Waals surface area (Å²) in [7, 11) is 0. The van der Waals surface area contributed by atoms with Crippen molar-refractivity contribution < 1.29 is 9.18 Å². The molecule has 3 heterocycles. The number of nitrogens with zero attached hydrogens (tertiary/aromatic N) is 4. The number of hydrogen-bond acceptors (Lipinski definition) is 5. The molecule has 4 aromatic rings. The molecule has 1 amide bonds. The minimum atomic E-state index is -0.506. The van der Waals surface area contributed by atoms with Gasteiger partial charge in [-0.3, -0.25) is 9.59 Å². The number of fused-ring (bicyclic) bond motifs is 2. The summed E-state index contributed by atoms with van der Waals surface area (Å²) < 4.78 is 16.5. The monoisotopic (exact) mass is 460 g/mol. The number of aromatic nitrogens is 5. The van der Waals surface area contributed by atoms with Crippen LogP contribution in [-0.4, -0.2) is 30.6 Å². The Bertz CT molecular complexity index is 1410. The first-order valence-corrected chi connectivity index (χ1v) is 11.6. The second-order valence-electron chi connectivity index (χ2n) is 8.53. The molecule has 5 rings (SSSR count). The molecule has 0 saturated carbocycles. The van der Waals surface area contributed by atoms with Crippen molar-refractivity contribution in [3.63, 3.8) is 0 Å². The summed E-state index contributed by atoms with van der Waals surface area (Å²) >= 11 is 0. The zero-order valence-electron chi connectivity index (χ0n) is 18.7. The third-order valence-electron chi connectivity index (χ3n) is 6.09. The highest BCUT2D eigenvalue weighted by Gasteiger charge is 2.18. The van der Waals surface area contributed by atoms with E-state index in [2.05, 4.69) is 30.0 Å². The number of halogens is 1. The zero-order chi connectivity index (χ0) is 23.5. The topological polar surface area (TPSA) is 106 Å². The van der Waals surface area contributed by atoms with Crippen LogP contribution in [0.1, 0.15) is 43.8 Å². The highest BCUT2D eigenvalue weighted by Crippen LogP contribution is 2.26. The molecule has 34 heavy (non-hydrogen) atoms. The molecule has 0 atom stereocenters. The molecule has 0 spiro atoms. The molecule has 0 radical (unpaired) electrons. The van der Waals surface area contributed by atoms with E-state index < -0.39 is 5.82 Å². The molecule has 0 aliphatic carbocycles. The number of aromatic amines is 1. The number of anilines is 1. The van der Waals surface area contributed by atoms with E-state index in [9.17, 15) is 14.0 Å². The molecular weight excluding hydrogens is 435 g/mol. The van der Waals surface area contributed by atoms with E-state index in [-0.39, 0.29) is 23.6 Å². The van der Waals surface area contributed by atoms with Crippen molar-refractivity contribution >= 4 is 22.5 Å². The Kier molecular flexibility index (Phi) is 6.16. The van der Waals surface area contributed by atoms with Crippen LogP contribution in [0.2, 0.25) is 0 Å².